The van der Waals surface area contributed by atoms with E-state index in [0.717, 1.165) is 25.7 Å². The predicted molar refractivity (Wildman–Crippen MR) is 56.0 cm³/mol. The summed E-state index contributed by atoms with van der Waals surface area (Å²) >= 11 is 0. The first-order valence-electron chi connectivity index (χ1n) is 5.31. The van der Waals surface area contributed by atoms with E-state index in [-0.39, 0.29) is 5.54 Å². The molecule has 3 nitrogen and oxygen atoms in total. The molecule has 14 heavy (non-hydrogen) atoms. The van der Waals surface area contributed by atoms with E-state index in [1.165, 1.54) is 25.3 Å². The Bertz CT molecular complexity index is 217. The molecule has 0 saturated heterocycles. The number of rotatable bonds is 4. The fourth-order valence-electron chi connectivity index (χ4n) is 2.06. The van der Waals surface area contributed by atoms with Crippen molar-refractivity contribution in [3.63, 3.8) is 0 Å². The minimum Gasteiger partial charge on any atom is -0.478 e. The normalized spacial score (nSPS) is 21.2. The van der Waals surface area contributed by atoms with E-state index in [0.29, 0.717) is 0 Å². The van der Waals surface area contributed by atoms with Gasteiger partial charge in [-0.05, 0) is 25.7 Å². The molecule has 1 rings (SSSR count). The summed E-state index contributed by atoms with van der Waals surface area (Å²) < 4.78 is 0. The Morgan fingerprint density at radius 3 is 2.57 bits per heavy atom. The molecule has 0 radical (unpaired) electrons. The number of nitrogens with two attached hydrogens (primary N) is 1. The molecule has 3 N–H and O–H groups in total. The van der Waals surface area contributed by atoms with Gasteiger partial charge in [0.05, 0.1) is 0 Å². The van der Waals surface area contributed by atoms with Crippen molar-refractivity contribution in [2.24, 2.45) is 5.73 Å². The summed E-state index contributed by atoms with van der Waals surface area (Å²) in [5.41, 5.74) is 6.17. The van der Waals surface area contributed by atoms with Crippen molar-refractivity contribution in [1.82, 2.24) is 0 Å². The molecule has 0 heterocycles. The maximum absolute atomic E-state index is 10.2. The van der Waals surface area contributed by atoms with Crippen molar-refractivity contribution in [2.45, 2.75) is 50.5 Å². The van der Waals surface area contributed by atoms with E-state index in [1.54, 1.807) is 6.08 Å². The summed E-state index contributed by atoms with van der Waals surface area (Å²) in [5, 5.41) is 8.40. The third-order valence-electron chi connectivity index (χ3n) is 2.92. The molecular formula is C11H19NO2. The van der Waals surface area contributed by atoms with Crippen molar-refractivity contribution in [3.05, 3.63) is 12.2 Å². The number of aliphatic carboxylic acids is 1. The van der Waals surface area contributed by atoms with Crippen LogP contribution < -0.4 is 5.73 Å². The minimum atomic E-state index is -0.875. The molecular weight excluding hydrogens is 178 g/mol. The van der Waals surface area contributed by atoms with Crippen molar-refractivity contribution in [1.29, 1.82) is 0 Å². The van der Waals surface area contributed by atoms with Gasteiger partial charge in [0.1, 0.15) is 0 Å². The summed E-state index contributed by atoms with van der Waals surface area (Å²) in [4.78, 5) is 10.2. The van der Waals surface area contributed by atoms with Crippen LogP contribution in [0.2, 0.25) is 0 Å². The molecule has 1 fully saturated rings. The van der Waals surface area contributed by atoms with Crippen LogP contribution in [-0.2, 0) is 4.79 Å². The van der Waals surface area contributed by atoms with Crippen LogP contribution in [0, 0.1) is 0 Å². The molecule has 0 aromatic heterocycles. The molecule has 1 aliphatic carbocycles. The maximum atomic E-state index is 10.2. The van der Waals surface area contributed by atoms with Gasteiger partial charge in [-0.3, -0.25) is 0 Å². The van der Waals surface area contributed by atoms with Crippen molar-refractivity contribution in [2.75, 3.05) is 0 Å². The van der Waals surface area contributed by atoms with Crippen LogP contribution in [0.1, 0.15) is 44.9 Å². The summed E-state index contributed by atoms with van der Waals surface area (Å²) in [7, 11) is 0. The second kappa shape index (κ2) is 5.15. The van der Waals surface area contributed by atoms with Gasteiger partial charge in [-0.25, -0.2) is 4.79 Å². The molecule has 80 valence electrons. The Labute approximate surface area is 85.0 Å². The highest BCUT2D eigenvalue weighted by Crippen LogP contribution is 2.29. The zero-order valence-electron chi connectivity index (χ0n) is 8.54. The highest BCUT2D eigenvalue weighted by Gasteiger charge is 2.25. The average molecular weight is 197 g/mol. The van der Waals surface area contributed by atoms with Crippen LogP contribution in [0.3, 0.4) is 0 Å². The summed E-state index contributed by atoms with van der Waals surface area (Å²) in [5.74, 6) is -0.875. The van der Waals surface area contributed by atoms with E-state index in [4.69, 9.17) is 10.8 Å². The molecule has 0 amide bonds. The maximum Gasteiger partial charge on any atom is 0.327 e. The van der Waals surface area contributed by atoms with E-state index < -0.39 is 5.97 Å². The standard InChI is InChI=1S/C11H19NO2/c12-11(7-3-1-4-8-11)9-5-2-6-10(13)14/h2,6H,1,3-5,7-9,12H2,(H,13,14)/b6-2+. The third-order valence-corrected chi connectivity index (χ3v) is 2.92. The van der Waals surface area contributed by atoms with E-state index >= 15 is 0 Å². The Morgan fingerprint density at radius 2 is 2.00 bits per heavy atom. The SMILES string of the molecule is NC1(CC/C=C/C(=O)O)CCCCC1. The molecule has 0 spiro atoms. The third kappa shape index (κ3) is 3.92. The first-order chi connectivity index (χ1) is 6.62. The molecule has 1 aliphatic rings. The van der Waals surface area contributed by atoms with Crippen molar-refractivity contribution in [3.8, 4) is 0 Å². The molecule has 0 unspecified atom stereocenters. The van der Waals surface area contributed by atoms with E-state index in [1.807, 2.05) is 0 Å². The Morgan fingerprint density at radius 1 is 1.36 bits per heavy atom. The van der Waals surface area contributed by atoms with Gasteiger partial charge in [-0.1, -0.05) is 25.3 Å². The van der Waals surface area contributed by atoms with Crippen LogP contribution in [0.15, 0.2) is 12.2 Å². The van der Waals surface area contributed by atoms with Gasteiger partial charge < -0.3 is 10.8 Å². The summed E-state index contributed by atoms with van der Waals surface area (Å²) in [6, 6.07) is 0. The van der Waals surface area contributed by atoms with Crippen molar-refractivity contribution >= 4 is 5.97 Å². The molecule has 0 aliphatic heterocycles. The Kier molecular flexibility index (Phi) is 4.14. The zero-order chi connectivity index (χ0) is 10.4. The average Bonchev–Trinajstić information content (AvgIpc) is 2.14. The van der Waals surface area contributed by atoms with Crippen molar-refractivity contribution < 1.29 is 9.90 Å². The minimum absolute atomic E-state index is 0.0267. The Balaban J connectivity index is 2.25. The molecule has 0 aromatic carbocycles. The van der Waals surface area contributed by atoms with Crippen LogP contribution >= 0.6 is 0 Å². The van der Waals surface area contributed by atoms with Gasteiger partial charge in [0.15, 0.2) is 0 Å². The fraction of sp³-hybridized carbons (Fsp3) is 0.727. The largest absolute Gasteiger partial charge is 0.478 e. The lowest BCUT2D eigenvalue weighted by atomic mass is 9.79. The molecule has 1 saturated carbocycles. The molecule has 0 bridgehead atoms. The number of carboxylic acids is 1. The summed E-state index contributed by atoms with van der Waals surface area (Å²) in [6.45, 7) is 0. The molecule has 3 heteroatoms. The van der Waals surface area contributed by atoms with E-state index in [9.17, 15) is 4.79 Å². The van der Waals surface area contributed by atoms with Gasteiger partial charge in [0.2, 0.25) is 0 Å². The topological polar surface area (TPSA) is 63.3 Å². The lowest BCUT2D eigenvalue weighted by Gasteiger charge is -2.33. The monoisotopic (exact) mass is 197 g/mol. The first-order valence-corrected chi connectivity index (χ1v) is 5.31. The van der Waals surface area contributed by atoms with Crippen LogP contribution in [0.4, 0.5) is 0 Å². The Hall–Kier alpha value is -0.830. The number of hydrogen-bond donors (Lipinski definition) is 2. The van der Waals surface area contributed by atoms with Crippen LogP contribution in [0.5, 0.6) is 0 Å². The van der Waals surface area contributed by atoms with Crippen LogP contribution in [-0.4, -0.2) is 16.6 Å². The van der Waals surface area contributed by atoms with Gasteiger partial charge in [-0.2, -0.15) is 0 Å². The number of carbonyl (C=O) groups is 1. The highest BCUT2D eigenvalue weighted by atomic mass is 16.4. The second-order valence-corrected chi connectivity index (χ2v) is 4.20. The lowest BCUT2D eigenvalue weighted by Crippen LogP contribution is -2.41. The number of carboxylic acid groups (broad SMARTS) is 1. The van der Waals surface area contributed by atoms with Gasteiger partial charge in [0, 0.05) is 11.6 Å². The quantitative estimate of drug-likeness (QED) is 0.678. The number of allylic oxidation sites excluding steroid dienone is 1. The zero-order valence-corrected chi connectivity index (χ0v) is 8.54. The van der Waals surface area contributed by atoms with Crippen LogP contribution in [0.25, 0.3) is 0 Å². The summed E-state index contributed by atoms with van der Waals surface area (Å²) in [6.07, 6.45) is 10.5. The predicted octanol–water partition coefficient (Wildman–Crippen LogP) is 2.07. The smallest absolute Gasteiger partial charge is 0.327 e. The fourth-order valence-corrected chi connectivity index (χ4v) is 2.06. The molecule has 0 aromatic rings. The van der Waals surface area contributed by atoms with Gasteiger partial charge >= 0.3 is 5.97 Å². The lowest BCUT2D eigenvalue weighted by molar-refractivity contribution is -0.131. The molecule has 0 atom stereocenters. The highest BCUT2D eigenvalue weighted by molar-refractivity contribution is 5.79. The second-order valence-electron chi connectivity index (χ2n) is 4.20. The van der Waals surface area contributed by atoms with E-state index in [2.05, 4.69) is 0 Å². The first kappa shape index (κ1) is 11.2. The number of hydrogen-bond acceptors (Lipinski definition) is 2. The van der Waals surface area contributed by atoms with Gasteiger partial charge in [-0.15, -0.1) is 0 Å². The van der Waals surface area contributed by atoms with Gasteiger partial charge in [0.25, 0.3) is 0 Å².